The van der Waals surface area contributed by atoms with Crippen LogP contribution in [0.1, 0.15) is 11.1 Å². The second kappa shape index (κ2) is 6.52. The molecule has 2 aromatic rings. The van der Waals surface area contributed by atoms with Gasteiger partial charge < -0.3 is 10.1 Å². The van der Waals surface area contributed by atoms with Crippen LogP contribution in [0, 0.1) is 0 Å². The first-order valence-electron chi connectivity index (χ1n) is 5.73. The van der Waals surface area contributed by atoms with Crippen molar-refractivity contribution < 1.29 is 4.74 Å². The number of hydrogen-bond donors (Lipinski definition) is 1. The third-order valence-corrected chi connectivity index (χ3v) is 3.06. The molecular formula is C14H15BrN2O. The number of rotatable bonds is 5. The predicted octanol–water partition coefficient (Wildman–Crippen LogP) is 3.60. The Kier molecular flexibility index (Phi) is 4.73. The first kappa shape index (κ1) is 13.1. The van der Waals surface area contributed by atoms with Crippen LogP contribution < -0.4 is 5.32 Å². The fourth-order valence-electron chi connectivity index (χ4n) is 1.53. The topological polar surface area (TPSA) is 34.1 Å². The Morgan fingerprint density at radius 3 is 2.33 bits per heavy atom. The van der Waals surface area contributed by atoms with Crippen LogP contribution in [0.4, 0.5) is 5.82 Å². The second-order valence-corrected chi connectivity index (χ2v) is 4.84. The van der Waals surface area contributed by atoms with Crippen molar-refractivity contribution in [2.75, 3.05) is 12.4 Å². The minimum absolute atomic E-state index is 0.576. The van der Waals surface area contributed by atoms with Gasteiger partial charge in [-0.05, 0) is 29.3 Å². The summed E-state index contributed by atoms with van der Waals surface area (Å²) in [5.41, 5.74) is 2.24. The van der Waals surface area contributed by atoms with E-state index in [4.69, 9.17) is 4.74 Å². The van der Waals surface area contributed by atoms with Gasteiger partial charge in [0.25, 0.3) is 0 Å². The number of nitrogens with one attached hydrogen (secondary N) is 1. The molecule has 1 aromatic heterocycles. The van der Waals surface area contributed by atoms with Gasteiger partial charge in [-0.1, -0.05) is 34.1 Å². The van der Waals surface area contributed by atoms with Gasteiger partial charge in [-0.2, -0.15) is 0 Å². The first-order chi connectivity index (χ1) is 8.78. The summed E-state index contributed by atoms with van der Waals surface area (Å²) in [6.45, 7) is 1.19. The SMILES string of the molecule is CNc1ccc(COCc2ccc(Br)cc2)cn1. The molecule has 1 heterocycles. The quantitative estimate of drug-likeness (QED) is 0.916. The van der Waals surface area contributed by atoms with E-state index in [0.29, 0.717) is 13.2 Å². The molecule has 0 amide bonds. The maximum Gasteiger partial charge on any atom is 0.125 e. The Morgan fingerprint density at radius 1 is 1.06 bits per heavy atom. The summed E-state index contributed by atoms with van der Waals surface area (Å²) >= 11 is 3.41. The summed E-state index contributed by atoms with van der Waals surface area (Å²) in [4.78, 5) is 4.24. The Hall–Kier alpha value is -1.39. The third-order valence-electron chi connectivity index (χ3n) is 2.53. The Bertz CT molecular complexity index is 482. The van der Waals surface area contributed by atoms with Crippen molar-refractivity contribution in [1.29, 1.82) is 0 Å². The molecule has 0 radical (unpaired) electrons. The molecule has 0 atom stereocenters. The molecular weight excluding hydrogens is 292 g/mol. The summed E-state index contributed by atoms with van der Waals surface area (Å²) in [5.74, 6) is 0.867. The summed E-state index contributed by atoms with van der Waals surface area (Å²) in [5, 5.41) is 2.99. The average Bonchev–Trinajstić information content (AvgIpc) is 2.42. The largest absolute Gasteiger partial charge is 0.373 e. The number of aromatic nitrogens is 1. The van der Waals surface area contributed by atoms with Crippen molar-refractivity contribution in [3.63, 3.8) is 0 Å². The van der Waals surface area contributed by atoms with Crippen molar-refractivity contribution in [3.8, 4) is 0 Å². The van der Waals surface area contributed by atoms with Gasteiger partial charge in [0.1, 0.15) is 5.82 Å². The van der Waals surface area contributed by atoms with Crippen molar-refractivity contribution in [2.45, 2.75) is 13.2 Å². The minimum Gasteiger partial charge on any atom is -0.373 e. The van der Waals surface area contributed by atoms with Gasteiger partial charge in [0.15, 0.2) is 0 Å². The molecule has 0 saturated carbocycles. The number of halogens is 1. The highest BCUT2D eigenvalue weighted by Crippen LogP contribution is 2.12. The highest BCUT2D eigenvalue weighted by Gasteiger charge is 1.97. The van der Waals surface area contributed by atoms with Gasteiger partial charge in [-0.25, -0.2) is 4.98 Å². The smallest absolute Gasteiger partial charge is 0.125 e. The van der Waals surface area contributed by atoms with E-state index < -0.39 is 0 Å². The molecule has 1 aromatic carbocycles. The Morgan fingerprint density at radius 2 is 1.72 bits per heavy atom. The lowest BCUT2D eigenvalue weighted by Crippen LogP contribution is -1.96. The number of hydrogen-bond acceptors (Lipinski definition) is 3. The molecule has 0 aliphatic rings. The lowest BCUT2D eigenvalue weighted by Gasteiger charge is -2.05. The van der Waals surface area contributed by atoms with Crippen molar-refractivity contribution in [3.05, 3.63) is 58.2 Å². The Balaban J connectivity index is 1.82. The minimum atomic E-state index is 0.576. The molecule has 0 bridgehead atoms. The maximum atomic E-state index is 5.64. The molecule has 0 aliphatic carbocycles. The molecule has 94 valence electrons. The molecule has 0 unspecified atom stereocenters. The zero-order valence-corrected chi connectivity index (χ0v) is 11.8. The lowest BCUT2D eigenvalue weighted by atomic mass is 10.2. The van der Waals surface area contributed by atoms with Crippen molar-refractivity contribution in [1.82, 2.24) is 4.98 Å². The standard InChI is InChI=1S/C14H15BrN2O/c1-16-14-7-4-12(8-17-14)10-18-9-11-2-5-13(15)6-3-11/h2-8H,9-10H2,1H3,(H,16,17). The normalized spacial score (nSPS) is 10.3. The van der Waals surface area contributed by atoms with Crippen LogP contribution >= 0.6 is 15.9 Å². The van der Waals surface area contributed by atoms with E-state index in [9.17, 15) is 0 Å². The van der Waals surface area contributed by atoms with Crippen LogP contribution in [0.2, 0.25) is 0 Å². The van der Waals surface area contributed by atoms with E-state index in [1.165, 1.54) is 0 Å². The van der Waals surface area contributed by atoms with E-state index in [0.717, 1.165) is 21.4 Å². The molecule has 0 aliphatic heterocycles. The molecule has 1 N–H and O–H groups in total. The molecule has 4 heteroatoms. The van der Waals surface area contributed by atoms with Gasteiger partial charge in [0.05, 0.1) is 13.2 Å². The van der Waals surface area contributed by atoms with Crippen LogP contribution in [0.3, 0.4) is 0 Å². The monoisotopic (exact) mass is 306 g/mol. The van der Waals surface area contributed by atoms with Crippen LogP contribution in [0.25, 0.3) is 0 Å². The van der Waals surface area contributed by atoms with E-state index in [2.05, 4.69) is 26.2 Å². The number of anilines is 1. The summed E-state index contributed by atoms with van der Waals surface area (Å²) in [6, 6.07) is 12.1. The number of ether oxygens (including phenoxy) is 1. The van der Waals surface area contributed by atoms with Gasteiger partial charge in [0.2, 0.25) is 0 Å². The van der Waals surface area contributed by atoms with Gasteiger partial charge in [-0.3, -0.25) is 0 Å². The lowest BCUT2D eigenvalue weighted by molar-refractivity contribution is 0.107. The van der Waals surface area contributed by atoms with Crippen LogP contribution in [-0.2, 0) is 18.0 Å². The van der Waals surface area contributed by atoms with E-state index >= 15 is 0 Å². The molecule has 0 fully saturated rings. The third kappa shape index (κ3) is 3.82. The maximum absolute atomic E-state index is 5.64. The molecule has 0 saturated heterocycles. The van der Waals surface area contributed by atoms with Gasteiger partial charge >= 0.3 is 0 Å². The highest BCUT2D eigenvalue weighted by atomic mass is 79.9. The zero-order valence-electron chi connectivity index (χ0n) is 10.2. The molecule has 0 spiro atoms. The predicted molar refractivity (Wildman–Crippen MR) is 76.4 cm³/mol. The van der Waals surface area contributed by atoms with Crippen LogP contribution in [0.5, 0.6) is 0 Å². The number of benzene rings is 1. The fraction of sp³-hybridized carbons (Fsp3) is 0.214. The molecule has 2 rings (SSSR count). The zero-order chi connectivity index (χ0) is 12.8. The van der Waals surface area contributed by atoms with Gasteiger partial charge in [0, 0.05) is 17.7 Å². The Labute approximate surface area is 115 Å². The van der Waals surface area contributed by atoms with Crippen LogP contribution in [0.15, 0.2) is 47.1 Å². The van der Waals surface area contributed by atoms with Crippen molar-refractivity contribution in [2.24, 2.45) is 0 Å². The first-order valence-corrected chi connectivity index (χ1v) is 6.52. The second-order valence-electron chi connectivity index (χ2n) is 3.92. The number of pyridine rings is 1. The summed E-state index contributed by atoms with van der Waals surface area (Å²) in [7, 11) is 1.85. The van der Waals surface area contributed by atoms with Crippen molar-refractivity contribution >= 4 is 21.7 Å². The fourth-order valence-corrected chi connectivity index (χ4v) is 1.79. The summed E-state index contributed by atoms with van der Waals surface area (Å²) < 4.78 is 6.72. The van der Waals surface area contributed by atoms with E-state index in [1.807, 2.05) is 49.6 Å². The van der Waals surface area contributed by atoms with Gasteiger partial charge in [-0.15, -0.1) is 0 Å². The number of nitrogens with zero attached hydrogens (tertiary/aromatic N) is 1. The summed E-state index contributed by atoms with van der Waals surface area (Å²) in [6.07, 6.45) is 1.83. The average molecular weight is 307 g/mol. The molecule has 3 nitrogen and oxygen atoms in total. The van der Waals surface area contributed by atoms with E-state index in [1.54, 1.807) is 0 Å². The van der Waals surface area contributed by atoms with Crippen LogP contribution in [-0.4, -0.2) is 12.0 Å². The van der Waals surface area contributed by atoms with E-state index in [-0.39, 0.29) is 0 Å². The molecule has 18 heavy (non-hydrogen) atoms. The highest BCUT2D eigenvalue weighted by molar-refractivity contribution is 9.10.